The van der Waals surface area contributed by atoms with E-state index in [1.54, 1.807) is 23.5 Å². The van der Waals surface area contributed by atoms with E-state index in [4.69, 9.17) is 0 Å². The van der Waals surface area contributed by atoms with Crippen LogP contribution in [-0.2, 0) is 19.6 Å². The summed E-state index contributed by atoms with van der Waals surface area (Å²) in [5.74, 6) is 0.223. The molecule has 0 fully saturated rings. The average Bonchev–Trinajstić information content (AvgIpc) is 3.22. The molecular formula is C25H23FN4O. The summed E-state index contributed by atoms with van der Waals surface area (Å²) in [6.07, 6.45) is 7.11. The lowest BCUT2D eigenvalue weighted by Crippen LogP contribution is -2.31. The number of carbonyl (C=O) groups excluding carboxylic acids is 1. The Bertz CT molecular complexity index is 1160. The van der Waals surface area contributed by atoms with Gasteiger partial charge in [-0.05, 0) is 53.9 Å². The highest BCUT2D eigenvalue weighted by atomic mass is 19.1. The van der Waals surface area contributed by atoms with Gasteiger partial charge in [0.1, 0.15) is 11.6 Å². The van der Waals surface area contributed by atoms with Crippen molar-refractivity contribution in [2.45, 2.75) is 26.6 Å². The summed E-state index contributed by atoms with van der Waals surface area (Å²) < 4.78 is 15.4. The molecule has 2 aromatic carbocycles. The Morgan fingerprint density at radius 3 is 2.55 bits per heavy atom. The molecule has 0 aliphatic rings. The van der Waals surface area contributed by atoms with Gasteiger partial charge in [0.2, 0.25) is 0 Å². The number of carbonyl (C=O) groups is 1. The van der Waals surface area contributed by atoms with Crippen LogP contribution in [0.5, 0.6) is 0 Å². The molecule has 0 atom stereocenters. The SMILES string of the molecule is Cc1ccccc1Cn1ccnc1CN(Cc1cccnc1)C(=O)c1ccc(F)cc1. The van der Waals surface area contributed by atoms with Crippen LogP contribution in [0.25, 0.3) is 0 Å². The van der Waals surface area contributed by atoms with Crippen LogP contribution in [-0.4, -0.2) is 25.3 Å². The Morgan fingerprint density at radius 2 is 1.81 bits per heavy atom. The lowest BCUT2D eigenvalue weighted by Gasteiger charge is -2.23. The topological polar surface area (TPSA) is 51.0 Å². The zero-order valence-corrected chi connectivity index (χ0v) is 17.3. The molecule has 0 N–H and O–H groups in total. The second-order valence-electron chi connectivity index (χ2n) is 7.43. The molecule has 6 heteroatoms. The van der Waals surface area contributed by atoms with Crippen LogP contribution in [0.3, 0.4) is 0 Å². The van der Waals surface area contributed by atoms with Gasteiger partial charge in [0, 0.05) is 43.4 Å². The summed E-state index contributed by atoms with van der Waals surface area (Å²) in [7, 11) is 0. The second-order valence-corrected chi connectivity index (χ2v) is 7.43. The van der Waals surface area contributed by atoms with Gasteiger partial charge in [-0.1, -0.05) is 30.3 Å². The van der Waals surface area contributed by atoms with Crippen molar-refractivity contribution in [3.63, 3.8) is 0 Å². The number of amides is 1. The van der Waals surface area contributed by atoms with Gasteiger partial charge in [0.15, 0.2) is 0 Å². The zero-order valence-electron chi connectivity index (χ0n) is 17.3. The molecule has 4 rings (SSSR count). The van der Waals surface area contributed by atoms with Gasteiger partial charge in [-0.15, -0.1) is 0 Å². The number of pyridine rings is 1. The minimum atomic E-state index is -0.371. The number of hydrogen-bond donors (Lipinski definition) is 0. The minimum absolute atomic E-state index is 0.186. The molecule has 0 saturated heterocycles. The summed E-state index contributed by atoms with van der Waals surface area (Å²) in [6.45, 7) is 3.46. The van der Waals surface area contributed by atoms with Crippen LogP contribution in [0.1, 0.15) is 32.9 Å². The highest BCUT2D eigenvalue weighted by Gasteiger charge is 2.19. The first kappa shape index (κ1) is 20.5. The maximum atomic E-state index is 13.3. The third-order valence-electron chi connectivity index (χ3n) is 5.21. The quantitative estimate of drug-likeness (QED) is 0.444. The molecule has 1 amide bonds. The van der Waals surface area contributed by atoms with Gasteiger partial charge in [-0.2, -0.15) is 0 Å². The molecule has 156 valence electrons. The van der Waals surface area contributed by atoms with E-state index in [1.807, 2.05) is 30.5 Å². The van der Waals surface area contributed by atoms with Gasteiger partial charge >= 0.3 is 0 Å². The largest absolute Gasteiger partial charge is 0.329 e. The first-order valence-electron chi connectivity index (χ1n) is 10.1. The standard InChI is InChI=1S/C25H23FN4O/c1-19-5-2-3-7-22(19)17-29-14-13-28-24(29)18-30(16-20-6-4-12-27-15-20)25(31)21-8-10-23(26)11-9-21/h2-15H,16-18H2,1H3. The lowest BCUT2D eigenvalue weighted by molar-refractivity contribution is 0.0723. The van der Waals surface area contributed by atoms with Crippen molar-refractivity contribution in [2.24, 2.45) is 0 Å². The Labute approximate surface area is 180 Å². The van der Waals surface area contributed by atoms with Crippen molar-refractivity contribution in [1.82, 2.24) is 19.4 Å². The van der Waals surface area contributed by atoms with Crippen LogP contribution in [0.4, 0.5) is 4.39 Å². The Kier molecular flexibility index (Phi) is 6.17. The Hall–Kier alpha value is -3.80. The summed E-state index contributed by atoms with van der Waals surface area (Å²) >= 11 is 0. The molecule has 0 bridgehead atoms. The molecule has 2 heterocycles. The van der Waals surface area contributed by atoms with Crippen LogP contribution in [0.15, 0.2) is 85.5 Å². The average molecular weight is 414 g/mol. The highest BCUT2D eigenvalue weighted by Crippen LogP contribution is 2.16. The minimum Gasteiger partial charge on any atom is -0.329 e. The number of halogens is 1. The molecule has 0 unspecified atom stereocenters. The molecule has 4 aromatic rings. The number of rotatable bonds is 7. The van der Waals surface area contributed by atoms with E-state index in [-0.39, 0.29) is 11.7 Å². The Morgan fingerprint density at radius 1 is 1.00 bits per heavy atom. The zero-order chi connectivity index (χ0) is 21.6. The van der Waals surface area contributed by atoms with Crippen LogP contribution in [0, 0.1) is 12.7 Å². The van der Waals surface area contributed by atoms with Crippen molar-refractivity contribution < 1.29 is 9.18 Å². The molecule has 0 spiro atoms. The van der Waals surface area contributed by atoms with E-state index in [0.29, 0.717) is 25.2 Å². The molecule has 0 saturated carbocycles. The number of hydrogen-bond acceptors (Lipinski definition) is 3. The van der Waals surface area contributed by atoms with Gasteiger partial charge in [0.05, 0.1) is 6.54 Å². The molecule has 0 aliphatic carbocycles. The summed E-state index contributed by atoms with van der Waals surface area (Å²) in [5.41, 5.74) is 3.75. The maximum Gasteiger partial charge on any atom is 0.254 e. The molecule has 0 aliphatic heterocycles. The van der Waals surface area contributed by atoms with Crippen LogP contribution in [0.2, 0.25) is 0 Å². The first-order chi connectivity index (χ1) is 15.1. The van der Waals surface area contributed by atoms with Gasteiger partial charge in [-0.3, -0.25) is 9.78 Å². The van der Waals surface area contributed by atoms with Gasteiger partial charge < -0.3 is 9.47 Å². The van der Waals surface area contributed by atoms with E-state index in [9.17, 15) is 9.18 Å². The first-order valence-corrected chi connectivity index (χ1v) is 10.1. The summed E-state index contributed by atoms with van der Waals surface area (Å²) in [5, 5.41) is 0. The van der Waals surface area contributed by atoms with Gasteiger partial charge in [0.25, 0.3) is 5.91 Å². The fourth-order valence-corrected chi connectivity index (χ4v) is 3.46. The molecule has 2 aromatic heterocycles. The normalized spacial score (nSPS) is 10.8. The fourth-order valence-electron chi connectivity index (χ4n) is 3.46. The summed E-state index contributed by atoms with van der Waals surface area (Å²) in [4.78, 5) is 23.6. The molecular weight excluding hydrogens is 391 g/mol. The Balaban J connectivity index is 1.61. The maximum absolute atomic E-state index is 13.3. The number of benzene rings is 2. The number of imidazole rings is 1. The fraction of sp³-hybridized carbons (Fsp3) is 0.160. The number of aryl methyl sites for hydroxylation is 1. The monoisotopic (exact) mass is 414 g/mol. The second kappa shape index (κ2) is 9.34. The van der Waals surface area contributed by atoms with Crippen LogP contribution < -0.4 is 0 Å². The lowest BCUT2D eigenvalue weighted by atomic mass is 10.1. The highest BCUT2D eigenvalue weighted by molar-refractivity contribution is 5.94. The van der Waals surface area contributed by atoms with E-state index >= 15 is 0 Å². The third kappa shape index (κ3) is 5.04. The predicted octanol–water partition coefficient (Wildman–Crippen LogP) is 4.62. The molecule has 0 radical (unpaired) electrons. The number of nitrogens with zero attached hydrogens (tertiary/aromatic N) is 4. The third-order valence-corrected chi connectivity index (χ3v) is 5.21. The van der Waals surface area contributed by atoms with Crippen LogP contribution >= 0.6 is 0 Å². The molecule has 5 nitrogen and oxygen atoms in total. The smallest absolute Gasteiger partial charge is 0.254 e. The van der Waals surface area contributed by atoms with Crippen molar-refractivity contribution >= 4 is 5.91 Å². The van der Waals surface area contributed by atoms with E-state index in [1.165, 1.54) is 35.4 Å². The van der Waals surface area contributed by atoms with Crippen molar-refractivity contribution in [3.8, 4) is 0 Å². The van der Waals surface area contributed by atoms with Crippen molar-refractivity contribution in [2.75, 3.05) is 0 Å². The van der Waals surface area contributed by atoms with Crippen molar-refractivity contribution in [3.05, 3.63) is 119 Å². The predicted molar refractivity (Wildman–Crippen MR) is 117 cm³/mol. The summed E-state index contributed by atoms with van der Waals surface area (Å²) in [6, 6.07) is 17.6. The number of aromatic nitrogens is 3. The van der Waals surface area contributed by atoms with Gasteiger partial charge in [-0.25, -0.2) is 9.37 Å². The molecule has 31 heavy (non-hydrogen) atoms. The van der Waals surface area contributed by atoms with Crippen molar-refractivity contribution in [1.29, 1.82) is 0 Å². The van der Waals surface area contributed by atoms with E-state index < -0.39 is 0 Å². The van der Waals surface area contributed by atoms with E-state index in [2.05, 4.69) is 33.6 Å². The van der Waals surface area contributed by atoms with E-state index in [0.717, 1.165) is 11.4 Å².